The summed E-state index contributed by atoms with van der Waals surface area (Å²) in [4.78, 5) is 28.9. The predicted octanol–water partition coefficient (Wildman–Crippen LogP) is 2.28. The molecule has 0 bridgehead atoms. The highest BCUT2D eigenvalue weighted by atomic mass is 19.1. The molecule has 2 aromatic carbocycles. The first-order valence-corrected chi connectivity index (χ1v) is 10.1. The Morgan fingerprint density at radius 1 is 1.06 bits per heavy atom. The van der Waals surface area contributed by atoms with Crippen molar-refractivity contribution in [3.05, 3.63) is 54.1 Å². The Labute approximate surface area is 178 Å². The minimum absolute atomic E-state index is 0.147. The zero-order valence-corrected chi connectivity index (χ0v) is 17.0. The SMILES string of the molecule is C[C@@H](C(=O)Nc1cc(F)ccc1F)N1CCN(C(=O)[C@@H]2COc3ccccc3O2)CC1. The molecule has 0 aromatic heterocycles. The van der Waals surface area contributed by atoms with Gasteiger partial charge in [-0.05, 0) is 31.2 Å². The van der Waals surface area contributed by atoms with E-state index in [1.807, 2.05) is 17.0 Å². The van der Waals surface area contributed by atoms with Crippen molar-refractivity contribution in [3.63, 3.8) is 0 Å². The molecule has 9 heteroatoms. The lowest BCUT2D eigenvalue weighted by Crippen LogP contribution is -2.57. The van der Waals surface area contributed by atoms with Crippen molar-refractivity contribution in [3.8, 4) is 11.5 Å². The number of anilines is 1. The van der Waals surface area contributed by atoms with Gasteiger partial charge in [-0.15, -0.1) is 0 Å². The molecule has 2 aliphatic heterocycles. The van der Waals surface area contributed by atoms with Crippen LogP contribution in [0.1, 0.15) is 6.92 Å². The van der Waals surface area contributed by atoms with Crippen LogP contribution >= 0.6 is 0 Å². The van der Waals surface area contributed by atoms with Crippen LogP contribution in [0.4, 0.5) is 14.5 Å². The van der Waals surface area contributed by atoms with E-state index in [0.717, 1.165) is 18.2 Å². The third kappa shape index (κ3) is 4.61. The molecule has 0 spiro atoms. The maximum atomic E-state index is 13.8. The van der Waals surface area contributed by atoms with Gasteiger partial charge in [0.15, 0.2) is 11.5 Å². The third-order valence-electron chi connectivity index (χ3n) is 5.52. The van der Waals surface area contributed by atoms with Gasteiger partial charge in [0.05, 0.1) is 11.7 Å². The number of benzene rings is 2. The first kappa shape index (κ1) is 21.0. The molecule has 1 saturated heterocycles. The number of hydrogen-bond acceptors (Lipinski definition) is 5. The van der Waals surface area contributed by atoms with E-state index in [0.29, 0.717) is 37.7 Å². The minimum atomic E-state index is -0.710. The van der Waals surface area contributed by atoms with Gasteiger partial charge < -0.3 is 19.7 Å². The lowest BCUT2D eigenvalue weighted by Gasteiger charge is -2.39. The number of amides is 2. The van der Waals surface area contributed by atoms with Crippen LogP contribution in [0.2, 0.25) is 0 Å². The normalized spacial score (nSPS) is 19.6. The summed E-state index contributed by atoms with van der Waals surface area (Å²) in [6.07, 6.45) is -0.710. The first-order valence-electron chi connectivity index (χ1n) is 10.1. The number of nitrogens with one attached hydrogen (secondary N) is 1. The maximum absolute atomic E-state index is 13.8. The van der Waals surface area contributed by atoms with E-state index in [4.69, 9.17) is 9.47 Å². The van der Waals surface area contributed by atoms with E-state index in [-0.39, 0.29) is 18.2 Å². The number of carbonyl (C=O) groups is 2. The monoisotopic (exact) mass is 431 g/mol. The fourth-order valence-electron chi connectivity index (χ4n) is 3.67. The largest absolute Gasteiger partial charge is 0.485 e. The zero-order chi connectivity index (χ0) is 22.0. The van der Waals surface area contributed by atoms with Crippen LogP contribution in [0.25, 0.3) is 0 Å². The van der Waals surface area contributed by atoms with Crippen LogP contribution in [-0.4, -0.2) is 66.5 Å². The van der Waals surface area contributed by atoms with E-state index >= 15 is 0 Å². The van der Waals surface area contributed by atoms with Crippen molar-refractivity contribution < 1.29 is 27.8 Å². The molecular weight excluding hydrogens is 408 g/mol. The summed E-state index contributed by atoms with van der Waals surface area (Å²) >= 11 is 0. The van der Waals surface area contributed by atoms with Crippen molar-refractivity contribution in [1.29, 1.82) is 0 Å². The minimum Gasteiger partial charge on any atom is -0.485 e. The van der Waals surface area contributed by atoms with Crippen molar-refractivity contribution in [1.82, 2.24) is 9.80 Å². The molecule has 2 atom stereocenters. The number of rotatable bonds is 4. The third-order valence-corrected chi connectivity index (χ3v) is 5.52. The number of piperazine rings is 1. The van der Waals surface area contributed by atoms with Gasteiger partial charge in [0, 0.05) is 32.2 Å². The van der Waals surface area contributed by atoms with Gasteiger partial charge in [-0.1, -0.05) is 12.1 Å². The van der Waals surface area contributed by atoms with Crippen LogP contribution in [0.5, 0.6) is 11.5 Å². The van der Waals surface area contributed by atoms with Crippen LogP contribution in [0, 0.1) is 11.6 Å². The molecule has 164 valence electrons. The number of nitrogens with zero attached hydrogens (tertiary/aromatic N) is 2. The summed E-state index contributed by atoms with van der Waals surface area (Å²) in [5.41, 5.74) is -0.194. The van der Waals surface area contributed by atoms with Crippen molar-refractivity contribution >= 4 is 17.5 Å². The Kier molecular flexibility index (Phi) is 6.03. The average molecular weight is 431 g/mol. The lowest BCUT2D eigenvalue weighted by molar-refractivity contribution is -0.143. The second kappa shape index (κ2) is 8.89. The number of fused-ring (bicyclic) bond motifs is 1. The molecule has 7 nitrogen and oxygen atoms in total. The van der Waals surface area contributed by atoms with Crippen molar-refractivity contribution in [2.24, 2.45) is 0 Å². The highest BCUT2D eigenvalue weighted by molar-refractivity contribution is 5.94. The number of hydrogen-bond donors (Lipinski definition) is 1. The highest BCUT2D eigenvalue weighted by Gasteiger charge is 2.34. The molecule has 2 amide bonds. The van der Waals surface area contributed by atoms with Gasteiger partial charge in [0.2, 0.25) is 12.0 Å². The average Bonchev–Trinajstić information content (AvgIpc) is 2.80. The number of carbonyl (C=O) groups excluding carboxylic acids is 2. The van der Waals surface area contributed by atoms with E-state index in [9.17, 15) is 18.4 Å². The summed E-state index contributed by atoms with van der Waals surface area (Å²) in [5.74, 6) is -0.772. The zero-order valence-electron chi connectivity index (χ0n) is 17.0. The first-order chi connectivity index (χ1) is 14.9. The van der Waals surface area contributed by atoms with Crippen molar-refractivity contribution in [2.75, 3.05) is 38.1 Å². The van der Waals surface area contributed by atoms with E-state index < -0.39 is 29.7 Å². The topological polar surface area (TPSA) is 71.1 Å². The maximum Gasteiger partial charge on any atom is 0.267 e. The molecule has 0 unspecified atom stereocenters. The smallest absolute Gasteiger partial charge is 0.267 e. The van der Waals surface area contributed by atoms with Crippen LogP contribution in [0.15, 0.2) is 42.5 Å². The number of halogens is 2. The Morgan fingerprint density at radius 3 is 2.52 bits per heavy atom. The number of para-hydroxylation sites is 2. The van der Waals surface area contributed by atoms with Gasteiger partial charge >= 0.3 is 0 Å². The lowest BCUT2D eigenvalue weighted by atomic mass is 10.2. The Bertz CT molecular complexity index is 979. The Morgan fingerprint density at radius 2 is 1.77 bits per heavy atom. The van der Waals surface area contributed by atoms with Crippen molar-refractivity contribution in [2.45, 2.75) is 19.1 Å². The molecule has 0 radical (unpaired) electrons. The van der Waals surface area contributed by atoms with Gasteiger partial charge in [-0.2, -0.15) is 0 Å². The number of ether oxygens (including phenoxy) is 2. The molecule has 4 rings (SSSR count). The quantitative estimate of drug-likeness (QED) is 0.805. The molecule has 2 aromatic rings. The van der Waals surface area contributed by atoms with Crippen LogP contribution in [-0.2, 0) is 9.59 Å². The Balaban J connectivity index is 1.30. The second-order valence-electron chi connectivity index (χ2n) is 7.51. The molecule has 31 heavy (non-hydrogen) atoms. The fourth-order valence-corrected chi connectivity index (χ4v) is 3.67. The summed E-state index contributed by atoms with van der Waals surface area (Å²) in [6.45, 7) is 3.62. The van der Waals surface area contributed by atoms with Gasteiger partial charge in [-0.25, -0.2) is 8.78 Å². The molecule has 2 aliphatic rings. The van der Waals surface area contributed by atoms with Crippen LogP contribution in [0.3, 0.4) is 0 Å². The summed E-state index contributed by atoms with van der Waals surface area (Å²) in [6, 6.07) is 9.53. The van der Waals surface area contributed by atoms with E-state index in [1.165, 1.54) is 0 Å². The summed E-state index contributed by atoms with van der Waals surface area (Å²) < 4.78 is 38.5. The molecule has 2 heterocycles. The molecular formula is C22H23F2N3O4. The standard InChI is InChI=1S/C22H23F2N3O4/c1-14(21(28)25-17-12-15(23)6-7-16(17)24)26-8-10-27(11-9-26)22(29)20-13-30-18-4-2-3-5-19(18)31-20/h2-7,12,14,20H,8-11,13H2,1H3,(H,25,28)/t14-,20-/m0/s1. The second-order valence-corrected chi connectivity index (χ2v) is 7.51. The van der Waals surface area contributed by atoms with Gasteiger partial charge in [-0.3, -0.25) is 14.5 Å². The predicted molar refractivity (Wildman–Crippen MR) is 109 cm³/mol. The molecule has 1 N–H and O–H groups in total. The molecule has 0 aliphatic carbocycles. The summed E-state index contributed by atoms with van der Waals surface area (Å²) in [5, 5.41) is 2.43. The van der Waals surface area contributed by atoms with Gasteiger partial charge in [0.1, 0.15) is 18.2 Å². The molecule has 0 saturated carbocycles. The van der Waals surface area contributed by atoms with Gasteiger partial charge in [0.25, 0.3) is 5.91 Å². The fraction of sp³-hybridized carbons (Fsp3) is 0.364. The van der Waals surface area contributed by atoms with E-state index in [2.05, 4.69) is 5.32 Å². The van der Waals surface area contributed by atoms with Crippen LogP contribution < -0.4 is 14.8 Å². The summed E-state index contributed by atoms with van der Waals surface area (Å²) in [7, 11) is 0. The van der Waals surface area contributed by atoms with E-state index in [1.54, 1.807) is 24.0 Å². The highest BCUT2D eigenvalue weighted by Crippen LogP contribution is 2.31. The Hall–Kier alpha value is -3.20. The molecule has 1 fully saturated rings.